The third-order valence-electron chi connectivity index (χ3n) is 12.3. The number of esters is 1. The summed E-state index contributed by atoms with van der Waals surface area (Å²) in [5.74, 6) is -6.06. The zero-order valence-electron chi connectivity index (χ0n) is 36.3. The monoisotopic (exact) mass is 852 g/mol. The van der Waals surface area contributed by atoms with Crippen molar-refractivity contribution in [3.8, 4) is 0 Å². The van der Waals surface area contributed by atoms with Crippen molar-refractivity contribution in [3.63, 3.8) is 0 Å². The number of hydrogen-bond donors (Lipinski definition) is 3. The summed E-state index contributed by atoms with van der Waals surface area (Å²) in [4.78, 5) is 71.1. The molecule has 3 N–H and O–H groups in total. The average molecular weight is 853 g/mol. The van der Waals surface area contributed by atoms with E-state index in [0.29, 0.717) is 12.1 Å². The molecule has 0 unspecified atom stereocenters. The third kappa shape index (κ3) is 10.3. The number of aliphatic hydroxyl groups is 1. The zero-order chi connectivity index (χ0) is 44.4. The number of ether oxygens (including phenoxy) is 5. The van der Waals surface area contributed by atoms with Crippen molar-refractivity contribution >= 4 is 45.2 Å². The lowest BCUT2D eigenvalue weighted by Gasteiger charge is -2.47. The number of likely N-dealkylation sites (N-methyl/N-ethyl adjacent to an activating group) is 1. The highest BCUT2D eigenvalue weighted by Gasteiger charge is 2.60. The van der Waals surface area contributed by atoms with Gasteiger partial charge in [0.05, 0.1) is 28.7 Å². The lowest BCUT2D eigenvalue weighted by molar-refractivity contribution is -0.295. The largest absolute Gasteiger partial charge is 0.458 e. The molecule has 3 saturated heterocycles. The molecule has 3 aliphatic heterocycles. The summed E-state index contributed by atoms with van der Waals surface area (Å²) in [5, 5.41) is 14.0. The van der Waals surface area contributed by atoms with Crippen molar-refractivity contribution in [3.05, 3.63) is 24.3 Å². The van der Waals surface area contributed by atoms with Crippen LogP contribution in [0.25, 0.3) is 0 Å². The first-order valence-electron chi connectivity index (χ1n) is 20.3. The van der Waals surface area contributed by atoms with Crippen LogP contribution in [0.1, 0.15) is 81.6 Å². The molecule has 17 nitrogen and oxygen atoms in total. The van der Waals surface area contributed by atoms with Gasteiger partial charge in [0, 0.05) is 56.6 Å². The highest BCUT2D eigenvalue weighted by molar-refractivity contribution is 7.89. The number of fused-ring (bicyclic) bond motifs is 1. The molecule has 18 heteroatoms. The van der Waals surface area contributed by atoms with Crippen LogP contribution in [0.2, 0.25) is 0 Å². The number of amides is 2. The number of nitrogens with one attached hydrogen (secondary N) is 2. The first kappa shape index (κ1) is 48.1. The van der Waals surface area contributed by atoms with Crippen LogP contribution in [0.3, 0.4) is 0 Å². The standard InChI is InChI=1S/C41H64N4O13S/c1-13-31-41(9)35(45(39(51)58-41)19-18-42-59(52,53)29-16-14-28(15-17-29)43-27(7)46)24(4)32(47)22(2)21-40(8,54-12)36(25(5)33(48)26(6)37(50)56-31)57-38-34(49)30(44(10)11)20-23(3)55-38/h14-17,22-26,30-31,34-36,38,42,49H,13,18-21H2,1-12H3,(H,43,46)/t22-,23-,24-,25-,26-,30+,31+,34-,35+,36-,38+,40-,41-/m1/s1. The zero-order valence-corrected chi connectivity index (χ0v) is 37.2. The van der Waals surface area contributed by atoms with Gasteiger partial charge in [-0.3, -0.25) is 24.1 Å². The minimum atomic E-state index is -4.08. The van der Waals surface area contributed by atoms with E-state index in [0.717, 1.165) is 0 Å². The summed E-state index contributed by atoms with van der Waals surface area (Å²) >= 11 is 0. The van der Waals surface area contributed by atoms with Crippen molar-refractivity contribution < 1.29 is 61.2 Å². The molecule has 59 heavy (non-hydrogen) atoms. The molecular formula is C41H64N4O13S. The Balaban J connectivity index is 1.70. The van der Waals surface area contributed by atoms with E-state index in [1.165, 1.54) is 50.1 Å². The molecule has 0 aromatic heterocycles. The second-order valence-electron chi connectivity index (χ2n) is 17.0. The molecular weight excluding hydrogens is 789 g/mol. The summed E-state index contributed by atoms with van der Waals surface area (Å²) in [6, 6.07) is 4.18. The number of ketones is 2. The van der Waals surface area contributed by atoms with Gasteiger partial charge in [0.25, 0.3) is 0 Å². The Bertz CT molecular complexity index is 1810. The number of anilines is 1. The highest BCUT2D eigenvalue weighted by Crippen LogP contribution is 2.43. The minimum Gasteiger partial charge on any atom is -0.458 e. The number of benzene rings is 1. The predicted octanol–water partition coefficient (Wildman–Crippen LogP) is 3.13. The van der Waals surface area contributed by atoms with E-state index in [1.54, 1.807) is 41.5 Å². The fourth-order valence-electron chi connectivity index (χ4n) is 9.01. The van der Waals surface area contributed by atoms with Crippen LogP contribution in [0.4, 0.5) is 10.5 Å². The lowest BCUT2D eigenvalue weighted by Crippen LogP contribution is -2.60. The second-order valence-corrected chi connectivity index (χ2v) is 18.7. The first-order chi connectivity index (χ1) is 27.4. The number of methoxy groups -OCH3 is 1. The maximum absolute atomic E-state index is 14.7. The Morgan fingerprint density at radius 3 is 2.20 bits per heavy atom. The van der Waals surface area contributed by atoms with Crippen LogP contribution in [-0.4, -0.2) is 141 Å². The van der Waals surface area contributed by atoms with Gasteiger partial charge in [0.2, 0.25) is 15.9 Å². The van der Waals surface area contributed by atoms with Crippen LogP contribution < -0.4 is 10.0 Å². The van der Waals surface area contributed by atoms with Crippen molar-refractivity contribution in [2.75, 3.05) is 39.6 Å². The minimum absolute atomic E-state index is 0.0270. The number of carbonyl (C=O) groups is 5. The summed E-state index contributed by atoms with van der Waals surface area (Å²) in [5.41, 5.74) is -2.54. The SMILES string of the molecule is CC[C@@H]1OC(=O)[C@H](C)C(=O)[C@@H](C)[C@@H](O[C@@H]2O[C@H](C)C[C@H](N(C)C)[C@H]2O)[C@](C)(OC)C[C@@H](C)C(=O)[C@@H](C)[C@@H]2N(CCNS(=O)(=O)c3ccc(NC(C)=O)cc3)C(=O)O[C@]12C. The summed E-state index contributed by atoms with van der Waals surface area (Å²) in [6.45, 7) is 14.1. The molecule has 2 amide bonds. The Hall–Kier alpha value is -3.52. The third-order valence-corrected chi connectivity index (χ3v) is 13.8. The van der Waals surface area contributed by atoms with Crippen LogP contribution in [-0.2, 0) is 52.9 Å². The topological polar surface area (TPSA) is 216 Å². The second kappa shape index (κ2) is 19.0. The maximum atomic E-state index is 14.7. The molecule has 0 aliphatic carbocycles. The van der Waals surface area contributed by atoms with Gasteiger partial charge in [-0.15, -0.1) is 0 Å². The van der Waals surface area contributed by atoms with E-state index in [-0.39, 0.29) is 54.7 Å². The van der Waals surface area contributed by atoms with Gasteiger partial charge in [0.1, 0.15) is 23.9 Å². The van der Waals surface area contributed by atoms with Crippen molar-refractivity contribution in [2.24, 2.45) is 23.7 Å². The molecule has 1 aromatic rings. The number of cyclic esters (lactones) is 1. The molecule has 1 aromatic carbocycles. The smallest absolute Gasteiger partial charge is 0.410 e. The number of sulfonamides is 1. The van der Waals surface area contributed by atoms with E-state index in [2.05, 4.69) is 10.0 Å². The Morgan fingerprint density at radius 1 is 1.02 bits per heavy atom. The first-order valence-corrected chi connectivity index (χ1v) is 21.8. The molecule has 3 aliphatic rings. The van der Waals surface area contributed by atoms with Crippen LogP contribution >= 0.6 is 0 Å². The van der Waals surface area contributed by atoms with Crippen LogP contribution in [0.5, 0.6) is 0 Å². The highest BCUT2D eigenvalue weighted by atomic mass is 32.2. The van der Waals surface area contributed by atoms with E-state index >= 15 is 0 Å². The number of aliphatic hydroxyl groups excluding tert-OH is 1. The molecule has 0 saturated carbocycles. The van der Waals surface area contributed by atoms with Crippen molar-refractivity contribution in [1.82, 2.24) is 14.5 Å². The number of Topliss-reactive ketones (excluding diaryl/α,β-unsaturated/α-hetero) is 2. The number of carbonyl (C=O) groups excluding carboxylic acids is 5. The number of nitrogens with zero attached hydrogens (tertiary/aromatic N) is 2. The van der Waals surface area contributed by atoms with Gasteiger partial charge >= 0.3 is 12.1 Å². The molecule has 0 spiro atoms. The van der Waals surface area contributed by atoms with Crippen molar-refractivity contribution in [1.29, 1.82) is 0 Å². The average Bonchev–Trinajstić information content (AvgIpc) is 3.43. The molecule has 4 rings (SSSR count). The number of rotatable bonds is 11. The van der Waals surface area contributed by atoms with E-state index in [1.807, 2.05) is 25.9 Å². The Labute approximate surface area is 348 Å². The van der Waals surface area contributed by atoms with Gasteiger partial charge in [-0.1, -0.05) is 27.7 Å². The van der Waals surface area contributed by atoms with Gasteiger partial charge in [0.15, 0.2) is 17.7 Å². The van der Waals surface area contributed by atoms with Gasteiger partial charge in [-0.2, -0.15) is 0 Å². The van der Waals surface area contributed by atoms with Crippen LogP contribution in [0.15, 0.2) is 29.2 Å². The molecule has 332 valence electrons. The van der Waals surface area contributed by atoms with E-state index in [4.69, 9.17) is 23.7 Å². The Morgan fingerprint density at radius 2 is 1.64 bits per heavy atom. The van der Waals surface area contributed by atoms with Gasteiger partial charge in [-0.25, -0.2) is 17.9 Å². The van der Waals surface area contributed by atoms with Crippen LogP contribution in [0, 0.1) is 23.7 Å². The van der Waals surface area contributed by atoms with Gasteiger partial charge in [-0.05, 0) is 85.3 Å². The predicted molar refractivity (Wildman–Crippen MR) is 215 cm³/mol. The lowest BCUT2D eigenvalue weighted by atomic mass is 9.73. The molecule has 0 bridgehead atoms. The fourth-order valence-corrected chi connectivity index (χ4v) is 10.0. The molecule has 3 fully saturated rings. The Kier molecular flexibility index (Phi) is 15.5. The fraction of sp³-hybridized carbons (Fsp3) is 0.732. The summed E-state index contributed by atoms with van der Waals surface area (Å²) in [7, 11) is 1.03. The summed E-state index contributed by atoms with van der Waals surface area (Å²) < 4.78 is 59.8. The molecule has 0 radical (unpaired) electrons. The number of hydrogen-bond acceptors (Lipinski definition) is 14. The maximum Gasteiger partial charge on any atom is 0.410 e. The van der Waals surface area contributed by atoms with E-state index < -0.39 is 93.4 Å². The van der Waals surface area contributed by atoms with E-state index in [9.17, 15) is 37.5 Å². The molecule has 13 atom stereocenters. The normalized spacial score (nSPS) is 36.4. The van der Waals surface area contributed by atoms with Crippen molar-refractivity contribution in [2.45, 2.75) is 140 Å². The molecule has 3 heterocycles. The summed E-state index contributed by atoms with van der Waals surface area (Å²) in [6.07, 6.45) is -4.95. The van der Waals surface area contributed by atoms with Gasteiger partial charge < -0.3 is 39.0 Å². The quantitative estimate of drug-likeness (QED) is 0.216.